The molecule has 0 atom stereocenters. The molecule has 3 nitrogen and oxygen atoms in total. The lowest BCUT2D eigenvalue weighted by atomic mass is 9.79. The zero-order chi connectivity index (χ0) is 9.73. The molecule has 0 saturated carbocycles. The van der Waals surface area contributed by atoms with E-state index in [0.29, 0.717) is 19.6 Å². The molecule has 1 fully saturated rings. The predicted octanol–water partition coefficient (Wildman–Crippen LogP) is 1.75. The van der Waals surface area contributed by atoms with Crippen molar-refractivity contribution in [2.75, 3.05) is 13.2 Å². The van der Waals surface area contributed by atoms with Crippen molar-refractivity contribution in [1.82, 2.24) is 0 Å². The highest BCUT2D eigenvalue weighted by atomic mass is 16.7. The Morgan fingerprint density at radius 2 is 1.85 bits per heavy atom. The summed E-state index contributed by atoms with van der Waals surface area (Å²) in [6.07, 6.45) is 3.18. The zero-order valence-corrected chi connectivity index (χ0v) is 8.41. The minimum absolute atomic E-state index is 0.0990. The first-order chi connectivity index (χ1) is 6.29. The maximum absolute atomic E-state index is 10.6. The van der Waals surface area contributed by atoms with Gasteiger partial charge in [-0.3, -0.25) is 0 Å². The van der Waals surface area contributed by atoms with Gasteiger partial charge in [0.05, 0.1) is 13.2 Å². The third-order valence-corrected chi connectivity index (χ3v) is 3.02. The lowest BCUT2D eigenvalue weighted by Crippen LogP contribution is -2.35. The fraction of sp³-hybridized carbons (Fsp3) is 0.900. The molecule has 13 heavy (non-hydrogen) atoms. The summed E-state index contributed by atoms with van der Waals surface area (Å²) in [5, 5.41) is 0. The topological polar surface area (TPSA) is 35.5 Å². The maximum atomic E-state index is 10.6. The molecule has 0 aliphatic carbocycles. The molecule has 0 unspecified atom stereocenters. The molecule has 1 aliphatic rings. The number of carbonyl (C=O) groups excluding carboxylic acids is 1. The lowest BCUT2D eigenvalue weighted by molar-refractivity contribution is -0.145. The first kappa shape index (κ1) is 10.7. The van der Waals surface area contributed by atoms with E-state index in [1.54, 1.807) is 0 Å². The van der Waals surface area contributed by atoms with Crippen molar-refractivity contribution in [3.8, 4) is 0 Å². The molecule has 1 aliphatic heterocycles. The van der Waals surface area contributed by atoms with Crippen LogP contribution in [0.1, 0.15) is 33.1 Å². The zero-order valence-electron chi connectivity index (χ0n) is 8.41. The van der Waals surface area contributed by atoms with Crippen LogP contribution >= 0.6 is 0 Å². The van der Waals surface area contributed by atoms with Crippen molar-refractivity contribution in [3.63, 3.8) is 0 Å². The summed E-state index contributed by atoms with van der Waals surface area (Å²) in [5.41, 5.74) is -0.0990. The Hall–Kier alpha value is -0.410. The molecule has 0 aromatic rings. The third kappa shape index (κ3) is 2.09. The van der Waals surface area contributed by atoms with E-state index < -0.39 is 0 Å². The quantitative estimate of drug-likeness (QED) is 0.614. The van der Waals surface area contributed by atoms with Crippen molar-refractivity contribution in [3.05, 3.63) is 0 Å². The van der Waals surface area contributed by atoms with E-state index in [1.165, 1.54) is 0 Å². The molecule has 0 radical (unpaired) electrons. The molecular formula is C10H18O3. The molecule has 0 aromatic carbocycles. The predicted molar refractivity (Wildman–Crippen MR) is 49.4 cm³/mol. The summed E-state index contributed by atoms with van der Waals surface area (Å²) < 4.78 is 10.9. The minimum Gasteiger partial charge on any atom is -0.350 e. The number of ether oxygens (including phenoxy) is 2. The molecule has 1 rings (SSSR count). The summed E-state index contributed by atoms with van der Waals surface area (Å²) in [5.74, 6) is 0. The van der Waals surface area contributed by atoms with E-state index in [4.69, 9.17) is 9.47 Å². The SMILES string of the molecule is CCC(CC)(CC=O)C1OCCO1. The van der Waals surface area contributed by atoms with E-state index in [1.807, 2.05) is 0 Å². The second kappa shape index (κ2) is 4.72. The van der Waals surface area contributed by atoms with Gasteiger partial charge in [-0.1, -0.05) is 13.8 Å². The van der Waals surface area contributed by atoms with Gasteiger partial charge in [0.2, 0.25) is 0 Å². The van der Waals surface area contributed by atoms with Crippen LogP contribution in [0.2, 0.25) is 0 Å². The number of hydrogen-bond donors (Lipinski definition) is 0. The van der Waals surface area contributed by atoms with Gasteiger partial charge in [0.25, 0.3) is 0 Å². The van der Waals surface area contributed by atoms with Gasteiger partial charge in [-0.05, 0) is 12.8 Å². The summed E-state index contributed by atoms with van der Waals surface area (Å²) in [6.45, 7) is 5.48. The lowest BCUT2D eigenvalue weighted by Gasteiger charge is -2.34. The van der Waals surface area contributed by atoms with E-state index in [-0.39, 0.29) is 11.7 Å². The van der Waals surface area contributed by atoms with Crippen molar-refractivity contribution in [2.45, 2.75) is 39.4 Å². The molecule has 76 valence electrons. The molecule has 1 saturated heterocycles. The van der Waals surface area contributed by atoms with E-state index in [2.05, 4.69) is 13.8 Å². The van der Waals surface area contributed by atoms with E-state index >= 15 is 0 Å². The van der Waals surface area contributed by atoms with Crippen LogP contribution in [0, 0.1) is 5.41 Å². The highest BCUT2D eigenvalue weighted by Crippen LogP contribution is 2.37. The molecule has 0 amide bonds. The first-order valence-corrected chi connectivity index (χ1v) is 4.96. The smallest absolute Gasteiger partial charge is 0.163 e. The van der Waals surface area contributed by atoms with Crippen LogP contribution < -0.4 is 0 Å². The Balaban J connectivity index is 2.67. The second-order valence-corrected chi connectivity index (χ2v) is 3.51. The first-order valence-electron chi connectivity index (χ1n) is 4.96. The van der Waals surface area contributed by atoms with Gasteiger partial charge in [-0.25, -0.2) is 0 Å². The van der Waals surface area contributed by atoms with Crippen molar-refractivity contribution in [1.29, 1.82) is 0 Å². The summed E-state index contributed by atoms with van der Waals surface area (Å²) in [4.78, 5) is 10.6. The van der Waals surface area contributed by atoms with Crippen molar-refractivity contribution >= 4 is 6.29 Å². The Morgan fingerprint density at radius 1 is 1.31 bits per heavy atom. The van der Waals surface area contributed by atoms with Gasteiger partial charge in [0.15, 0.2) is 6.29 Å². The van der Waals surface area contributed by atoms with Crippen LogP contribution in [-0.2, 0) is 14.3 Å². The Kier molecular flexibility index (Phi) is 3.88. The molecule has 0 N–H and O–H groups in total. The van der Waals surface area contributed by atoms with E-state index in [0.717, 1.165) is 19.1 Å². The highest BCUT2D eigenvalue weighted by Gasteiger charge is 2.39. The maximum Gasteiger partial charge on any atom is 0.163 e. The highest BCUT2D eigenvalue weighted by molar-refractivity contribution is 5.50. The molecule has 1 heterocycles. The van der Waals surface area contributed by atoms with Crippen LogP contribution in [0.4, 0.5) is 0 Å². The van der Waals surface area contributed by atoms with Crippen LogP contribution in [-0.4, -0.2) is 25.8 Å². The summed E-state index contributed by atoms with van der Waals surface area (Å²) >= 11 is 0. The van der Waals surface area contributed by atoms with Gasteiger partial charge in [-0.2, -0.15) is 0 Å². The molecular weight excluding hydrogens is 168 g/mol. The summed E-state index contributed by atoms with van der Waals surface area (Å²) in [6, 6.07) is 0. The van der Waals surface area contributed by atoms with Crippen LogP contribution in [0.25, 0.3) is 0 Å². The van der Waals surface area contributed by atoms with E-state index in [9.17, 15) is 4.79 Å². The largest absolute Gasteiger partial charge is 0.350 e. The molecule has 0 aromatic heterocycles. The van der Waals surface area contributed by atoms with Gasteiger partial charge < -0.3 is 14.3 Å². The third-order valence-electron chi connectivity index (χ3n) is 3.02. The second-order valence-electron chi connectivity index (χ2n) is 3.51. The van der Waals surface area contributed by atoms with Crippen LogP contribution in [0.5, 0.6) is 0 Å². The van der Waals surface area contributed by atoms with Gasteiger partial charge in [0, 0.05) is 11.8 Å². The molecule has 0 bridgehead atoms. The Morgan fingerprint density at radius 3 is 2.23 bits per heavy atom. The van der Waals surface area contributed by atoms with Gasteiger partial charge in [0.1, 0.15) is 6.29 Å². The minimum atomic E-state index is -0.173. The number of aldehydes is 1. The standard InChI is InChI=1S/C10H18O3/c1-3-10(4-2,5-6-11)9-12-7-8-13-9/h6,9H,3-5,7-8H2,1-2H3. The van der Waals surface area contributed by atoms with Crippen molar-refractivity contribution < 1.29 is 14.3 Å². The van der Waals surface area contributed by atoms with Gasteiger partial charge >= 0.3 is 0 Å². The Bertz CT molecular complexity index is 158. The summed E-state index contributed by atoms with van der Waals surface area (Å²) in [7, 11) is 0. The number of rotatable bonds is 5. The van der Waals surface area contributed by atoms with Crippen molar-refractivity contribution in [2.24, 2.45) is 5.41 Å². The average Bonchev–Trinajstić information content (AvgIpc) is 2.68. The average molecular weight is 186 g/mol. The molecule has 3 heteroatoms. The Labute approximate surface area is 79.4 Å². The van der Waals surface area contributed by atoms with Gasteiger partial charge in [-0.15, -0.1) is 0 Å². The fourth-order valence-electron chi connectivity index (χ4n) is 1.85. The number of carbonyl (C=O) groups is 1. The number of hydrogen-bond acceptors (Lipinski definition) is 3. The molecule has 0 spiro atoms. The monoisotopic (exact) mass is 186 g/mol. The van der Waals surface area contributed by atoms with Crippen LogP contribution in [0.15, 0.2) is 0 Å². The normalized spacial score (nSPS) is 19.2. The van der Waals surface area contributed by atoms with Crippen LogP contribution in [0.3, 0.4) is 0 Å². The fourth-order valence-corrected chi connectivity index (χ4v) is 1.85.